The Morgan fingerprint density at radius 2 is 1.76 bits per heavy atom. The SMILES string of the molecule is CC(C)N1Cc2c(Nc3ccccc3OCc3ccccc3)nc(N3CCOCC3)nc2C1=O. The van der Waals surface area contributed by atoms with Crippen molar-refractivity contribution in [3.63, 3.8) is 0 Å². The summed E-state index contributed by atoms with van der Waals surface area (Å²) in [4.78, 5) is 26.6. The molecule has 0 bridgehead atoms. The predicted molar refractivity (Wildman–Crippen MR) is 131 cm³/mol. The van der Waals surface area contributed by atoms with E-state index in [2.05, 4.69) is 15.2 Å². The molecule has 0 spiro atoms. The standard InChI is InChI=1S/C26H29N5O3/c1-18(2)31-16-20-23(25(31)32)28-26(30-12-14-33-15-13-30)29-24(20)27-21-10-6-7-11-22(21)34-17-19-8-4-3-5-9-19/h3-11,18H,12-17H2,1-2H3,(H,27,28,29). The van der Waals surface area contributed by atoms with Crippen molar-refractivity contribution in [3.05, 3.63) is 71.4 Å². The molecule has 1 amide bonds. The van der Waals surface area contributed by atoms with Crippen LogP contribution in [0.3, 0.4) is 0 Å². The minimum atomic E-state index is -0.0569. The van der Waals surface area contributed by atoms with Gasteiger partial charge in [-0.1, -0.05) is 42.5 Å². The molecule has 0 saturated carbocycles. The summed E-state index contributed by atoms with van der Waals surface area (Å²) in [6, 6.07) is 17.9. The van der Waals surface area contributed by atoms with Crippen molar-refractivity contribution >= 4 is 23.4 Å². The largest absolute Gasteiger partial charge is 0.487 e. The molecule has 8 nitrogen and oxygen atoms in total. The molecule has 0 aliphatic carbocycles. The normalized spacial score (nSPS) is 15.6. The molecule has 1 N–H and O–H groups in total. The van der Waals surface area contributed by atoms with Crippen LogP contribution in [0.4, 0.5) is 17.5 Å². The number of anilines is 3. The van der Waals surface area contributed by atoms with Gasteiger partial charge in [0, 0.05) is 24.7 Å². The van der Waals surface area contributed by atoms with Crippen LogP contribution in [-0.4, -0.2) is 53.1 Å². The van der Waals surface area contributed by atoms with Gasteiger partial charge in [-0.2, -0.15) is 4.98 Å². The van der Waals surface area contributed by atoms with Gasteiger partial charge in [0.1, 0.15) is 23.9 Å². The van der Waals surface area contributed by atoms with Gasteiger partial charge in [-0.3, -0.25) is 4.79 Å². The molecular weight excluding hydrogens is 430 g/mol. The number of rotatable bonds is 7. The Kier molecular flexibility index (Phi) is 6.31. The molecule has 1 fully saturated rings. The Hall–Kier alpha value is -3.65. The number of amides is 1. The van der Waals surface area contributed by atoms with E-state index in [1.165, 1.54) is 0 Å². The number of carbonyl (C=O) groups is 1. The third-order valence-corrected chi connectivity index (χ3v) is 6.08. The summed E-state index contributed by atoms with van der Waals surface area (Å²) in [5.41, 5.74) is 3.17. The fourth-order valence-electron chi connectivity index (χ4n) is 4.16. The fourth-order valence-corrected chi connectivity index (χ4v) is 4.16. The van der Waals surface area contributed by atoms with Crippen molar-refractivity contribution in [2.75, 3.05) is 36.5 Å². The number of nitrogens with zero attached hydrogens (tertiary/aromatic N) is 4. The summed E-state index contributed by atoms with van der Waals surface area (Å²) < 4.78 is 11.6. The Bertz CT molecular complexity index is 1160. The summed E-state index contributed by atoms with van der Waals surface area (Å²) in [6.45, 7) is 7.58. The average Bonchev–Trinajstić information content (AvgIpc) is 3.21. The van der Waals surface area contributed by atoms with Crippen LogP contribution in [0.1, 0.15) is 35.5 Å². The van der Waals surface area contributed by atoms with Gasteiger partial charge in [0.2, 0.25) is 5.95 Å². The quantitative estimate of drug-likeness (QED) is 0.572. The molecular formula is C26H29N5O3. The van der Waals surface area contributed by atoms with Crippen LogP contribution in [-0.2, 0) is 17.9 Å². The molecule has 1 aromatic heterocycles. The summed E-state index contributed by atoms with van der Waals surface area (Å²) in [6.07, 6.45) is 0. The Balaban J connectivity index is 1.47. The average molecular weight is 460 g/mol. The monoisotopic (exact) mass is 459 g/mol. The number of benzene rings is 2. The number of nitrogens with one attached hydrogen (secondary N) is 1. The molecule has 1 saturated heterocycles. The smallest absolute Gasteiger partial charge is 0.273 e. The topological polar surface area (TPSA) is 79.8 Å². The second-order valence-electron chi connectivity index (χ2n) is 8.72. The molecule has 3 aromatic rings. The van der Waals surface area contributed by atoms with E-state index in [4.69, 9.17) is 14.5 Å². The molecule has 2 aliphatic heterocycles. The molecule has 0 radical (unpaired) electrons. The first-order valence-corrected chi connectivity index (χ1v) is 11.7. The van der Waals surface area contributed by atoms with E-state index >= 15 is 0 Å². The van der Waals surface area contributed by atoms with Gasteiger partial charge < -0.3 is 24.6 Å². The second kappa shape index (κ2) is 9.69. The minimum Gasteiger partial charge on any atom is -0.487 e. The van der Waals surface area contributed by atoms with Crippen LogP contribution >= 0.6 is 0 Å². The number of hydrogen-bond acceptors (Lipinski definition) is 7. The highest BCUT2D eigenvalue weighted by Crippen LogP contribution is 2.34. The zero-order valence-electron chi connectivity index (χ0n) is 19.5. The minimum absolute atomic E-state index is 0.0569. The van der Waals surface area contributed by atoms with Crippen LogP contribution in [0.25, 0.3) is 0 Å². The molecule has 2 aliphatic rings. The zero-order valence-corrected chi connectivity index (χ0v) is 19.5. The van der Waals surface area contributed by atoms with Crippen molar-refractivity contribution in [2.45, 2.75) is 33.0 Å². The van der Waals surface area contributed by atoms with Gasteiger partial charge in [0.25, 0.3) is 5.91 Å². The van der Waals surface area contributed by atoms with Gasteiger partial charge in [-0.05, 0) is 31.5 Å². The summed E-state index contributed by atoms with van der Waals surface area (Å²) in [7, 11) is 0. The molecule has 3 heterocycles. The third-order valence-electron chi connectivity index (χ3n) is 6.08. The first-order chi connectivity index (χ1) is 16.6. The number of carbonyl (C=O) groups excluding carboxylic acids is 1. The van der Waals surface area contributed by atoms with Gasteiger partial charge in [-0.15, -0.1) is 0 Å². The fraction of sp³-hybridized carbons (Fsp3) is 0.346. The molecule has 8 heteroatoms. The number of hydrogen-bond donors (Lipinski definition) is 1. The first kappa shape index (κ1) is 22.2. The van der Waals surface area contributed by atoms with E-state index < -0.39 is 0 Å². The van der Waals surface area contributed by atoms with Crippen LogP contribution in [0.2, 0.25) is 0 Å². The molecule has 2 aromatic carbocycles. The summed E-state index contributed by atoms with van der Waals surface area (Å²) >= 11 is 0. The van der Waals surface area contributed by atoms with E-state index in [0.717, 1.165) is 22.6 Å². The number of aromatic nitrogens is 2. The van der Waals surface area contributed by atoms with Crippen molar-refractivity contribution in [3.8, 4) is 5.75 Å². The van der Waals surface area contributed by atoms with E-state index in [1.54, 1.807) is 0 Å². The number of morpholine rings is 1. The second-order valence-corrected chi connectivity index (χ2v) is 8.72. The van der Waals surface area contributed by atoms with Crippen LogP contribution < -0.4 is 15.0 Å². The molecule has 0 unspecified atom stereocenters. The van der Waals surface area contributed by atoms with Crippen molar-refractivity contribution < 1.29 is 14.3 Å². The van der Waals surface area contributed by atoms with Gasteiger partial charge in [-0.25, -0.2) is 4.98 Å². The van der Waals surface area contributed by atoms with E-state index in [1.807, 2.05) is 73.3 Å². The van der Waals surface area contributed by atoms with Crippen molar-refractivity contribution in [2.24, 2.45) is 0 Å². The first-order valence-electron chi connectivity index (χ1n) is 11.7. The van der Waals surface area contributed by atoms with Crippen LogP contribution in [0, 0.1) is 0 Å². The Morgan fingerprint density at radius 1 is 1.03 bits per heavy atom. The highest BCUT2D eigenvalue weighted by atomic mass is 16.5. The molecule has 34 heavy (non-hydrogen) atoms. The number of ether oxygens (including phenoxy) is 2. The number of fused-ring (bicyclic) bond motifs is 1. The molecule has 0 atom stereocenters. The molecule has 5 rings (SSSR count). The lowest BCUT2D eigenvalue weighted by Crippen LogP contribution is -2.37. The highest BCUT2D eigenvalue weighted by molar-refractivity contribution is 5.98. The van der Waals surface area contributed by atoms with Gasteiger partial charge >= 0.3 is 0 Å². The summed E-state index contributed by atoms with van der Waals surface area (Å²) in [5, 5.41) is 3.46. The van der Waals surface area contributed by atoms with E-state index in [9.17, 15) is 4.79 Å². The Labute approximate surface area is 199 Å². The Morgan fingerprint density at radius 3 is 2.53 bits per heavy atom. The maximum Gasteiger partial charge on any atom is 0.273 e. The van der Waals surface area contributed by atoms with E-state index in [0.29, 0.717) is 56.9 Å². The van der Waals surface area contributed by atoms with Gasteiger partial charge in [0.15, 0.2) is 0 Å². The van der Waals surface area contributed by atoms with Crippen molar-refractivity contribution in [1.82, 2.24) is 14.9 Å². The van der Waals surface area contributed by atoms with Crippen LogP contribution in [0.15, 0.2) is 54.6 Å². The predicted octanol–water partition coefficient (Wildman–Crippen LogP) is 4.00. The van der Waals surface area contributed by atoms with E-state index in [-0.39, 0.29) is 11.9 Å². The van der Waals surface area contributed by atoms with Gasteiger partial charge in [0.05, 0.1) is 25.4 Å². The zero-order chi connectivity index (χ0) is 23.5. The maximum absolute atomic E-state index is 13.1. The lowest BCUT2D eigenvalue weighted by atomic mass is 10.2. The highest BCUT2D eigenvalue weighted by Gasteiger charge is 2.35. The lowest BCUT2D eigenvalue weighted by molar-refractivity contribution is 0.0726. The molecule has 176 valence electrons. The summed E-state index contributed by atoms with van der Waals surface area (Å²) in [5.74, 6) is 1.85. The number of para-hydroxylation sites is 2. The third kappa shape index (κ3) is 4.54. The maximum atomic E-state index is 13.1. The van der Waals surface area contributed by atoms with Crippen molar-refractivity contribution in [1.29, 1.82) is 0 Å². The lowest BCUT2D eigenvalue weighted by Gasteiger charge is -2.27. The van der Waals surface area contributed by atoms with Crippen LogP contribution in [0.5, 0.6) is 5.75 Å².